The summed E-state index contributed by atoms with van der Waals surface area (Å²) < 4.78 is 90.2. The number of hydrogen-bond acceptors (Lipinski definition) is 5. The predicted octanol–water partition coefficient (Wildman–Crippen LogP) is 4.26. The van der Waals surface area contributed by atoms with Crippen molar-refractivity contribution in [2.75, 3.05) is 6.61 Å². The quantitative estimate of drug-likeness (QED) is 0.350. The molecule has 0 radical (unpaired) electrons. The predicted molar refractivity (Wildman–Crippen MR) is 99.6 cm³/mol. The second-order valence-corrected chi connectivity index (χ2v) is 6.81. The summed E-state index contributed by atoms with van der Waals surface area (Å²) in [6.45, 7) is 2.30. The summed E-state index contributed by atoms with van der Waals surface area (Å²) in [4.78, 5) is 27.7. The van der Waals surface area contributed by atoms with E-state index in [1.54, 1.807) is 0 Å². The van der Waals surface area contributed by atoms with Crippen molar-refractivity contribution in [1.82, 2.24) is 9.55 Å². The first-order valence-electron chi connectivity index (χ1n) is 8.56. The first kappa shape index (κ1) is 25.1. The van der Waals surface area contributed by atoms with Gasteiger partial charge in [0.05, 0.1) is 22.4 Å². The molecule has 0 aliphatic heterocycles. The van der Waals surface area contributed by atoms with E-state index in [2.05, 4.69) is 4.98 Å². The molecule has 0 aliphatic rings. The number of nitrogens with zero attached hydrogens (tertiary/aromatic N) is 2. The van der Waals surface area contributed by atoms with Crippen LogP contribution >= 0.6 is 11.6 Å². The maximum absolute atomic E-state index is 14.6. The number of carbonyl (C=O) groups is 1. The Morgan fingerprint density at radius 1 is 1.25 bits per heavy atom. The molecule has 1 heterocycles. The normalized spacial score (nSPS) is 11.9. The van der Waals surface area contributed by atoms with Gasteiger partial charge in [0, 0.05) is 6.07 Å². The summed E-state index contributed by atoms with van der Waals surface area (Å²) >= 11 is 5.84. The lowest BCUT2D eigenvalue weighted by Gasteiger charge is -2.21. The van der Waals surface area contributed by atoms with Crippen molar-refractivity contribution in [3.8, 4) is 24.0 Å². The van der Waals surface area contributed by atoms with Crippen molar-refractivity contribution in [3.63, 3.8) is 0 Å². The monoisotopic (exact) mass is 482 g/mol. The Hall–Kier alpha value is -3.20. The average Bonchev–Trinajstić information content (AvgIpc) is 2.65. The van der Waals surface area contributed by atoms with Gasteiger partial charge in [-0.3, -0.25) is 4.79 Å². The van der Waals surface area contributed by atoms with Crippen LogP contribution in [0.15, 0.2) is 23.0 Å². The number of rotatable bonds is 6. The summed E-state index contributed by atoms with van der Waals surface area (Å²) in [7, 11) is 0. The van der Waals surface area contributed by atoms with E-state index in [-0.39, 0.29) is 10.6 Å². The topological polar surface area (TPSA) is 70.4 Å². The van der Waals surface area contributed by atoms with Crippen LogP contribution < -0.4 is 10.3 Å². The molecule has 1 aromatic carbocycles. The van der Waals surface area contributed by atoms with Gasteiger partial charge in [0.15, 0.2) is 6.61 Å². The highest BCUT2D eigenvalue weighted by Gasteiger charge is 2.60. The number of aromatic nitrogens is 2. The van der Waals surface area contributed by atoms with Gasteiger partial charge in [-0.15, -0.1) is 6.42 Å². The van der Waals surface area contributed by atoms with Crippen molar-refractivity contribution in [1.29, 1.82) is 0 Å². The zero-order valence-electron chi connectivity index (χ0n) is 16.3. The van der Waals surface area contributed by atoms with Crippen LogP contribution in [0.25, 0.3) is 5.69 Å². The second kappa shape index (κ2) is 9.12. The first-order chi connectivity index (χ1) is 14.7. The van der Waals surface area contributed by atoms with E-state index in [9.17, 15) is 35.9 Å². The molecule has 1 aromatic heterocycles. The number of carbonyl (C=O) groups excluding carboxylic acids is 1. The molecule has 0 atom stereocenters. The lowest BCUT2D eigenvalue weighted by atomic mass is 10.1. The van der Waals surface area contributed by atoms with Crippen molar-refractivity contribution < 1.29 is 40.6 Å². The highest BCUT2D eigenvalue weighted by molar-refractivity contribution is 6.33. The van der Waals surface area contributed by atoms with E-state index in [4.69, 9.17) is 27.5 Å². The van der Waals surface area contributed by atoms with Gasteiger partial charge in [0.1, 0.15) is 11.5 Å². The number of terminal acetylenes is 1. The fourth-order valence-electron chi connectivity index (χ4n) is 2.33. The molecule has 0 unspecified atom stereocenters. The maximum atomic E-state index is 14.6. The van der Waals surface area contributed by atoms with E-state index in [0.29, 0.717) is 6.07 Å². The fourth-order valence-corrected chi connectivity index (χ4v) is 2.56. The van der Waals surface area contributed by atoms with Crippen LogP contribution in [0.3, 0.4) is 0 Å². The third kappa shape index (κ3) is 4.99. The number of benzene rings is 1. The van der Waals surface area contributed by atoms with Gasteiger partial charge in [-0.05, 0) is 26.0 Å². The van der Waals surface area contributed by atoms with E-state index in [1.807, 2.05) is 5.92 Å². The Morgan fingerprint density at radius 3 is 2.41 bits per heavy atom. The molecule has 0 fully saturated rings. The molecule has 0 N–H and O–H groups in total. The van der Waals surface area contributed by atoms with Crippen molar-refractivity contribution >= 4 is 17.6 Å². The molecule has 2 rings (SSSR count). The van der Waals surface area contributed by atoms with Crippen LogP contribution in [-0.4, -0.2) is 34.4 Å². The minimum absolute atomic E-state index is 0.142. The van der Waals surface area contributed by atoms with E-state index >= 15 is 0 Å². The lowest BCUT2D eigenvalue weighted by molar-refractivity contribution is -0.291. The molecule has 0 spiro atoms. The smallest absolute Gasteiger partial charge is 0.459 e. The van der Waals surface area contributed by atoms with Gasteiger partial charge in [-0.25, -0.2) is 13.8 Å². The standard InChI is InChI=1S/C19H13ClF6N2O4/c1-4-5-31-17-27-14(18(22,23)19(24,25)26)8-15(29)28(17)13-6-10(11(20)7-12(13)21)16(30)32-9(2)3/h1,6-9H,5H2,2-3H3. The summed E-state index contributed by atoms with van der Waals surface area (Å²) in [5.41, 5.74) is -4.77. The lowest BCUT2D eigenvalue weighted by Crippen LogP contribution is -2.37. The van der Waals surface area contributed by atoms with Crippen molar-refractivity contribution in [2.45, 2.75) is 32.1 Å². The summed E-state index contributed by atoms with van der Waals surface area (Å²) in [6, 6.07) is 0.0362. The molecule has 0 saturated carbocycles. The summed E-state index contributed by atoms with van der Waals surface area (Å²) in [6.07, 6.45) is -1.70. The van der Waals surface area contributed by atoms with E-state index < -0.39 is 70.1 Å². The number of alkyl halides is 5. The molecule has 13 heteroatoms. The Balaban J connectivity index is 2.79. The van der Waals surface area contributed by atoms with Crippen molar-refractivity contribution in [3.05, 3.63) is 50.7 Å². The van der Waals surface area contributed by atoms with Crippen LogP contribution in [0.2, 0.25) is 5.02 Å². The average molecular weight is 483 g/mol. The van der Waals surface area contributed by atoms with Gasteiger partial charge in [-0.1, -0.05) is 17.5 Å². The summed E-state index contributed by atoms with van der Waals surface area (Å²) in [5.74, 6) is -5.89. The third-order valence-electron chi connectivity index (χ3n) is 3.69. The van der Waals surface area contributed by atoms with Crippen LogP contribution in [-0.2, 0) is 10.7 Å². The maximum Gasteiger partial charge on any atom is 0.459 e. The number of halogens is 7. The van der Waals surface area contributed by atoms with Gasteiger partial charge >= 0.3 is 24.1 Å². The molecule has 0 aliphatic carbocycles. The number of esters is 1. The Bertz CT molecular complexity index is 1140. The number of hydrogen-bond donors (Lipinski definition) is 0. The Kier molecular flexibility index (Phi) is 7.14. The molecular formula is C19H13ClF6N2O4. The molecule has 0 bridgehead atoms. The Morgan fingerprint density at radius 2 is 1.88 bits per heavy atom. The van der Waals surface area contributed by atoms with Gasteiger partial charge in [0.25, 0.3) is 5.56 Å². The zero-order chi connectivity index (χ0) is 24.4. The van der Waals surface area contributed by atoms with Crippen LogP contribution in [0.1, 0.15) is 29.9 Å². The molecule has 6 nitrogen and oxygen atoms in total. The first-order valence-corrected chi connectivity index (χ1v) is 8.94. The highest BCUT2D eigenvalue weighted by Crippen LogP contribution is 2.43. The third-order valence-corrected chi connectivity index (χ3v) is 4.00. The molecule has 0 saturated heterocycles. The molecule has 0 amide bonds. The highest BCUT2D eigenvalue weighted by atomic mass is 35.5. The van der Waals surface area contributed by atoms with E-state index in [0.717, 1.165) is 6.07 Å². The van der Waals surface area contributed by atoms with Crippen molar-refractivity contribution in [2.24, 2.45) is 0 Å². The van der Waals surface area contributed by atoms with Crippen LogP contribution in [0, 0.1) is 18.2 Å². The minimum Gasteiger partial charge on any atom is -0.459 e. The van der Waals surface area contributed by atoms with Crippen LogP contribution in [0.4, 0.5) is 26.3 Å². The molecule has 172 valence electrons. The zero-order valence-corrected chi connectivity index (χ0v) is 17.0. The SMILES string of the molecule is C#CCOc1nc(C(F)(F)C(F)(F)F)cc(=O)n1-c1cc(C(=O)OC(C)C)c(Cl)cc1F. The molecule has 32 heavy (non-hydrogen) atoms. The molecule has 2 aromatic rings. The minimum atomic E-state index is -6.08. The molecular weight excluding hydrogens is 470 g/mol. The van der Waals surface area contributed by atoms with Crippen LogP contribution in [0.5, 0.6) is 6.01 Å². The van der Waals surface area contributed by atoms with Gasteiger partial charge in [0.2, 0.25) is 0 Å². The summed E-state index contributed by atoms with van der Waals surface area (Å²) in [5, 5.41) is -0.413. The number of ether oxygens (including phenoxy) is 2. The second-order valence-electron chi connectivity index (χ2n) is 6.40. The Labute approximate surface area is 181 Å². The van der Waals surface area contributed by atoms with Gasteiger partial charge < -0.3 is 9.47 Å². The van der Waals surface area contributed by atoms with E-state index in [1.165, 1.54) is 13.8 Å². The van der Waals surface area contributed by atoms with Gasteiger partial charge in [-0.2, -0.15) is 26.9 Å². The largest absolute Gasteiger partial charge is 0.459 e. The fraction of sp³-hybridized carbons (Fsp3) is 0.316.